The Balaban J connectivity index is 2.31. The minimum Gasteiger partial charge on any atom is -0.309 e. The van der Waals surface area contributed by atoms with E-state index in [0.717, 1.165) is 12.1 Å². The van der Waals surface area contributed by atoms with Gasteiger partial charge >= 0.3 is 0 Å². The molecule has 0 unspecified atom stereocenters. The van der Waals surface area contributed by atoms with E-state index in [-0.39, 0.29) is 0 Å². The number of hydrogen-bond donors (Lipinski definition) is 1. The second kappa shape index (κ2) is 3.75. The molecule has 0 aromatic rings. The SMILES string of the molecule is CCC(=N)C1CCCCC1. The van der Waals surface area contributed by atoms with Gasteiger partial charge in [0.15, 0.2) is 0 Å². The Morgan fingerprint density at radius 3 is 2.40 bits per heavy atom. The van der Waals surface area contributed by atoms with E-state index in [1.807, 2.05) is 0 Å². The van der Waals surface area contributed by atoms with E-state index in [4.69, 9.17) is 5.41 Å². The van der Waals surface area contributed by atoms with Gasteiger partial charge in [-0.2, -0.15) is 0 Å². The van der Waals surface area contributed by atoms with E-state index in [1.165, 1.54) is 32.1 Å². The van der Waals surface area contributed by atoms with Gasteiger partial charge in [0.05, 0.1) is 0 Å². The van der Waals surface area contributed by atoms with E-state index in [9.17, 15) is 0 Å². The van der Waals surface area contributed by atoms with E-state index >= 15 is 0 Å². The standard InChI is InChI=1S/C9H17N/c1-2-9(10)8-6-4-3-5-7-8/h8,10H,2-7H2,1H3. The van der Waals surface area contributed by atoms with Crippen LogP contribution in [0.25, 0.3) is 0 Å². The van der Waals surface area contributed by atoms with Crippen molar-refractivity contribution in [2.75, 3.05) is 0 Å². The Hall–Kier alpha value is -0.330. The second-order valence-corrected chi connectivity index (χ2v) is 3.21. The molecule has 1 fully saturated rings. The van der Waals surface area contributed by atoms with Crippen LogP contribution in [0.3, 0.4) is 0 Å². The van der Waals surface area contributed by atoms with Gasteiger partial charge in [0.2, 0.25) is 0 Å². The first kappa shape index (κ1) is 7.77. The van der Waals surface area contributed by atoms with Gasteiger partial charge in [-0.25, -0.2) is 0 Å². The average Bonchev–Trinajstić information content (AvgIpc) is 2.05. The van der Waals surface area contributed by atoms with Gasteiger partial charge < -0.3 is 5.41 Å². The predicted octanol–water partition coefficient (Wildman–Crippen LogP) is 3.00. The zero-order valence-corrected chi connectivity index (χ0v) is 6.82. The molecule has 0 atom stereocenters. The van der Waals surface area contributed by atoms with Gasteiger partial charge in [0, 0.05) is 5.71 Å². The van der Waals surface area contributed by atoms with Gasteiger partial charge in [-0.3, -0.25) is 0 Å². The van der Waals surface area contributed by atoms with E-state index in [2.05, 4.69) is 6.92 Å². The summed E-state index contributed by atoms with van der Waals surface area (Å²) in [4.78, 5) is 0. The summed E-state index contributed by atoms with van der Waals surface area (Å²) in [5.74, 6) is 0.652. The van der Waals surface area contributed by atoms with Gasteiger partial charge in [0.25, 0.3) is 0 Å². The quantitative estimate of drug-likeness (QED) is 0.569. The molecule has 1 nitrogen and oxygen atoms in total. The van der Waals surface area contributed by atoms with Gasteiger partial charge in [0.1, 0.15) is 0 Å². The van der Waals surface area contributed by atoms with Gasteiger partial charge in [-0.05, 0) is 25.2 Å². The molecule has 0 saturated heterocycles. The molecule has 1 aliphatic carbocycles. The van der Waals surface area contributed by atoms with Crippen LogP contribution in [0.1, 0.15) is 45.4 Å². The predicted molar refractivity (Wildman–Crippen MR) is 44.6 cm³/mol. The summed E-state index contributed by atoms with van der Waals surface area (Å²) < 4.78 is 0. The Morgan fingerprint density at radius 2 is 1.90 bits per heavy atom. The summed E-state index contributed by atoms with van der Waals surface area (Å²) in [6, 6.07) is 0. The highest BCUT2D eigenvalue weighted by atomic mass is 14.4. The molecule has 1 rings (SSSR count). The third kappa shape index (κ3) is 1.83. The molecule has 0 aromatic heterocycles. The van der Waals surface area contributed by atoms with Crippen molar-refractivity contribution in [1.29, 1.82) is 5.41 Å². The average molecular weight is 139 g/mol. The zero-order valence-electron chi connectivity index (χ0n) is 6.82. The number of hydrogen-bond acceptors (Lipinski definition) is 1. The van der Waals surface area contributed by atoms with Crippen molar-refractivity contribution in [1.82, 2.24) is 0 Å². The lowest BCUT2D eigenvalue weighted by molar-refractivity contribution is 0.434. The fourth-order valence-corrected chi connectivity index (χ4v) is 1.74. The molecule has 1 saturated carbocycles. The molecule has 0 amide bonds. The maximum absolute atomic E-state index is 7.63. The fraction of sp³-hybridized carbons (Fsp3) is 0.889. The maximum Gasteiger partial charge on any atom is 0.0117 e. The van der Waals surface area contributed by atoms with E-state index in [0.29, 0.717) is 5.92 Å². The summed E-state index contributed by atoms with van der Waals surface area (Å²) in [7, 11) is 0. The molecule has 0 bridgehead atoms. The molecule has 0 spiro atoms. The maximum atomic E-state index is 7.63. The Bertz CT molecular complexity index is 112. The van der Waals surface area contributed by atoms with E-state index < -0.39 is 0 Å². The van der Waals surface area contributed by atoms with Crippen molar-refractivity contribution in [2.45, 2.75) is 45.4 Å². The first-order valence-corrected chi connectivity index (χ1v) is 4.42. The monoisotopic (exact) mass is 139 g/mol. The molecule has 1 aliphatic rings. The highest BCUT2D eigenvalue weighted by molar-refractivity contribution is 5.83. The van der Waals surface area contributed by atoms with Crippen LogP contribution in [0.15, 0.2) is 0 Å². The van der Waals surface area contributed by atoms with Crippen LogP contribution in [-0.2, 0) is 0 Å². The Morgan fingerprint density at radius 1 is 1.30 bits per heavy atom. The summed E-state index contributed by atoms with van der Waals surface area (Å²) in [5, 5.41) is 7.63. The second-order valence-electron chi connectivity index (χ2n) is 3.21. The lowest BCUT2D eigenvalue weighted by atomic mass is 9.85. The molecule has 58 valence electrons. The van der Waals surface area contributed by atoms with Crippen LogP contribution in [-0.4, -0.2) is 5.71 Å². The van der Waals surface area contributed by atoms with Crippen LogP contribution in [0, 0.1) is 11.3 Å². The van der Waals surface area contributed by atoms with Crippen LogP contribution >= 0.6 is 0 Å². The summed E-state index contributed by atoms with van der Waals surface area (Å²) >= 11 is 0. The fourth-order valence-electron chi connectivity index (χ4n) is 1.74. The smallest absolute Gasteiger partial charge is 0.0117 e. The first-order chi connectivity index (χ1) is 4.84. The molecule has 1 heteroatoms. The third-order valence-electron chi connectivity index (χ3n) is 2.48. The van der Waals surface area contributed by atoms with E-state index in [1.54, 1.807) is 0 Å². The van der Waals surface area contributed by atoms with Crippen molar-refractivity contribution in [2.24, 2.45) is 5.92 Å². The minimum atomic E-state index is 0.652. The van der Waals surface area contributed by atoms with Crippen LogP contribution < -0.4 is 0 Å². The summed E-state index contributed by atoms with van der Waals surface area (Å²) in [6.07, 6.45) is 7.64. The van der Waals surface area contributed by atoms with Crippen molar-refractivity contribution in [3.8, 4) is 0 Å². The van der Waals surface area contributed by atoms with Crippen LogP contribution in [0.5, 0.6) is 0 Å². The van der Waals surface area contributed by atoms with Crippen molar-refractivity contribution < 1.29 is 0 Å². The minimum absolute atomic E-state index is 0.652. The van der Waals surface area contributed by atoms with Crippen LogP contribution in [0.2, 0.25) is 0 Å². The Kier molecular flexibility index (Phi) is 2.91. The normalized spacial score (nSPS) is 20.9. The molecule has 0 heterocycles. The van der Waals surface area contributed by atoms with Crippen molar-refractivity contribution in [3.05, 3.63) is 0 Å². The van der Waals surface area contributed by atoms with Gasteiger partial charge in [-0.15, -0.1) is 0 Å². The third-order valence-corrected chi connectivity index (χ3v) is 2.48. The molecule has 0 radical (unpaired) electrons. The lowest BCUT2D eigenvalue weighted by Gasteiger charge is -2.21. The zero-order chi connectivity index (χ0) is 7.40. The van der Waals surface area contributed by atoms with Gasteiger partial charge in [-0.1, -0.05) is 26.2 Å². The Labute approximate surface area is 63.3 Å². The summed E-state index contributed by atoms with van der Waals surface area (Å²) in [5.41, 5.74) is 0.986. The van der Waals surface area contributed by atoms with Crippen LogP contribution in [0.4, 0.5) is 0 Å². The molecular weight excluding hydrogens is 122 g/mol. The highest BCUT2D eigenvalue weighted by Crippen LogP contribution is 2.24. The van der Waals surface area contributed by atoms with Crippen molar-refractivity contribution in [3.63, 3.8) is 0 Å². The molecule has 0 aliphatic heterocycles. The lowest BCUT2D eigenvalue weighted by Crippen LogP contribution is -2.15. The molecule has 10 heavy (non-hydrogen) atoms. The molecular formula is C9H17N. The first-order valence-electron chi connectivity index (χ1n) is 4.42. The van der Waals surface area contributed by atoms with Crippen molar-refractivity contribution >= 4 is 5.71 Å². The molecule has 0 aromatic carbocycles. The number of nitrogens with one attached hydrogen (secondary N) is 1. The largest absolute Gasteiger partial charge is 0.309 e. The topological polar surface area (TPSA) is 23.9 Å². The highest BCUT2D eigenvalue weighted by Gasteiger charge is 2.15. The summed E-state index contributed by atoms with van der Waals surface area (Å²) in [6.45, 7) is 2.09. The molecule has 1 N–H and O–H groups in total. The number of rotatable bonds is 2.